The highest BCUT2D eigenvalue weighted by atomic mass is 35.5. The Hall–Kier alpha value is -2.45. The number of anilines is 1. The zero-order valence-corrected chi connectivity index (χ0v) is 17.6. The standard InChI is InChI=1S/C19H23ClN2O5S/c1-12(2)27-17-8-5-13(9-18(17)26-3)11-21-19(23)15-7-6-14(10-16(15)20)22-28(4,24)25/h5-10,12,22H,11H2,1-4H3,(H,21,23). The lowest BCUT2D eigenvalue weighted by atomic mass is 10.1. The molecule has 2 aromatic carbocycles. The normalized spacial score (nSPS) is 11.2. The predicted octanol–water partition coefficient (Wildman–Crippen LogP) is 3.44. The summed E-state index contributed by atoms with van der Waals surface area (Å²) >= 11 is 6.12. The molecule has 0 aromatic heterocycles. The molecule has 0 spiro atoms. The Morgan fingerprint density at radius 3 is 2.43 bits per heavy atom. The van der Waals surface area contributed by atoms with Gasteiger partial charge in [-0.2, -0.15) is 0 Å². The fraction of sp³-hybridized carbons (Fsp3) is 0.316. The molecular weight excluding hydrogens is 404 g/mol. The lowest BCUT2D eigenvalue weighted by Gasteiger charge is -2.15. The zero-order valence-electron chi connectivity index (χ0n) is 16.1. The number of halogens is 1. The van der Waals surface area contributed by atoms with Gasteiger partial charge in [0.05, 0.1) is 30.1 Å². The third-order valence-electron chi connectivity index (χ3n) is 3.56. The summed E-state index contributed by atoms with van der Waals surface area (Å²) in [6.07, 6.45) is 1.05. The molecule has 2 aromatic rings. The number of benzene rings is 2. The molecule has 0 aliphatic heterocycles. The number of amides is 1. The maximum absolute atomic E-state index is 12.4. The summed E-state index contributed by atoms with van der Waals surface area (Å²) in [5.41, 5.74) is 1.36. The number of carbonyl (C=O) groups is 1. The molecule has 0 saturated heterocycles. The van der Waals surface area contributed by atoms with Crippen molar-refractivity contribution in [1.82, 2.24) is 5.32 Å². The van der Waals surface area contributed by atoms with E-state index in [9.17, 15) is 13.2 Å². The molecule has 0 aliphatic carbocycles. The summed E-state index contributed by atoms with van der Waals surface area (Å²) in [7, 11) is -1.87. The Balaban J connectivity index is 2.07. The van der Waals surface area contributed by atoms with Crippen LogP contribution in [-0.4, -0.2) is 33.8 Å². The molecule has 0 saturated carbocycles. The van der Waals surface area contributed by atoms with Gasteiger partial charge in [0.25, 0.3) is 5.91 Å². The second kappa shape index (κ2) is 9.16. The van der Waals surface area contributed by atoms with Gasteiger partial charge in [0.2, 0.25) is 10.0 Å². The smallest absolute Gasteiger partial charge is 0.253 e. The number of rotatable bonds is 8. The van der Waals surface area contributed by atoms with Crippen LogP contribution in [0.4, 0.5) is 5.69 Å². The summed E-state index contributed by atoms with van der Waals surface area (Å²) < 4.78 is 35.9. The third-order valence-corrected chi connectivity index (χ3v) is 4.48. The first-order valence-corrected chi connectivity index (χ1v) is 10.7. The summed E-state index contributed by atoms with van der Waals surface area (Å²) in [6, 6.07) is 9.74. The molecule has 0 bridgehead atoms. The van der Waals surface area contributed by atoms with Gasteiger partial charge in [-0.3, -0.25) is 9.52 Å². The van der Waals surface area contributed by atoms with Crippen molar-refractivity contribution in [2.75, 3.05) is 18.1 Å². The molecule has 0 unspecified atom stereocenters. The number of carbonyl (C=O) groups excluding carboxylic acids is 1. The molecule has 152 valence electrons. The SMILES string of the molecule is COc1cc(CNC(=O)c2ccc(NS(C)(=O)=O)cc2Cl)ccc1OC(C)C. The van der Waals surface area contributed by atoms with E-state index < -0.39 is 10.0 Å². The Kier molecular flexibility index (Phi) is 7.15. The summed E-state index contributed by atoms with van der Waals surface area (Å²) in [5.74, 6) is 0.830. The molecule has 2 N–H and O–H groups in total. The van der Waals surface area contributed by atoms with E-state index in [1.54, 1.807) is 19.2 Å². The first-order chi connectivity index (χ1) is 13.1. The minimum Gasteiger partial charge on any atom is -0.493 e. The van der Waals surface area contributed by atoms with Gasteiger partial charge < -0.3 is 14.8 Å². The largest absolute Gasteiger partial charge is 0.493 e. The Labute approximate surface area is 170 Å². The molecule has 2 rings (SSSR count). The quantitative estimate of drug-likeness (QED) is 0.674. The Morgan fingerprint density at radius 1 is 1.14 bits per heavy atom. The number of hydrogen-bond donors (Lipinski definition) is 2. The van der Waals surface area contributed by atoms with Gasteiger partial charge in [-0.15, -0.1) is 0 Å². The van der Waals surface area contributed by atoms with Crippen molar-refractivity contribution in [2.45, 2.75) is 26.5 Å². The van der Waals surface area contributed by atoms with Gasteiger partial charge in [0, 0.05) is 12.2 Å². The van der Waals surface area contributed by atoms with Gasteiger partial charge in [-0.25, -0.2) is 8.42 Å². The average Bonchev–Trinajstić information content (AvgIpc) is 2.58. The Bertz CT molecular complexity index is 961. The average molecular weight is 427 g/mol. The first-order valence-electron chi connectivity index (χ1n) is 8.48. The molecule has 7 nitrogen and oxygen atoms in total. The van der Waals surface area contributed by atoms with E-state index in [1.165, 1.54) is 18.2 Å². The molecule has 1 amide bonds. The summed E-state index contributed by atoms with van der Waals surface area (Å²) in [6.45, 7) is 4.11. The maximum atomic E-state index is 12.4. The molecule has 0 atom stereocenters. The van der Waals surface area contributed by atoms with Crippen LogP contribution < -0.4 is 19.5 Å². The molecule has 0 aliphatic rings. The van der Waals surface area contributed by atoms with Crippen LogP contribution in [0.2, 0.25) is 5.02 Å². The van der Waals surface area contributed by atoms with Crippen LogP contribution in [0, 0.1) is 0 Å². The Morgan fingerprint density at radius 2 is 1.86 bits per heavy atom. The fourth-order valence-electron chi connectivity index (χ4n) is 2.43. The molecule has 9 heteroatoms. The number of methoxy groups -OCH3 is 1. The van der Waals surface area contributed by atoms with E-state index in [0.29, 0.717) is 11.5 Å². The van der Waals surface area contributed by atoms with E-state index in [0.717, 1.165) is 11.8 Å². The maximum Gasteiger partial charge on any atom is 0.253 e. The van der Waals surface area contributed by atoms with E-state index in [-0.39, 0.29) is 34.8 Å². The van der Waals surface area contributed by atoms with Crippen LogP contribution in [0.1, 0.15) is 29.8 Å². The van der Waals surface area contributed by atoms with Crippen molar-refractivity contribution in [3.63, 3.8) is 0 Å². The first kappa shape index (κ1) is 21.8. The van der Waals surface area contributed by atoms with E-state index in [4.69, 9.17) is 21.1 Å². The highest BCUT2D eigenvalue weighted by Crippen LogP contribution is 2.29. The molecule has 0 radical (unpaired) electrons. The van der Waals surface area contributed by atoms with Crippen LogP contribution in [-0.2, 0) is 16.6 Å². The van der Waals surface area contributed by atoms with Gasteiger partial charge >= 0.3 is 0 Å². The lowest BCUT2D eigenvalue weighted by Crippen LogP contribution is -2.23. The van der Waals surface area contributed by atoms with E-state index in [2.05, 4.69) is 10.0 Å². The van der Waals surface area contributed by atoms with Crippen molar-refractivity contribution in [3.05, 3.63) is 52.5 Å². The minimum atomic E-state index is -3.42. The predicted molar refractivity (Wildman–Crippen MR) is 110 cm³/mol. The van der Waals surface area contributed by atoms with Crippen LogP contribution in [0.5, 0.6) is 11.5 Å². The van der Waals surface area contributed by atoms with Crippen molar-refractivity contribution in [3.8, 4) is 11.5 Å². The van der Waals surface area contributed by atoms with E-state index in [1.807, 2.05) is 19.9 Å². The highest BCUT2D eigenvalue weighted by Gasteiger charge is 2.13. The lowest BCUT2D eigenvalue weighted by molar-refractivity contribution is 0.0951. The molecule has 0 heterocycles. The van der Waals surface area contributed by atoms with Gasteiger partial charge in [0.15, 0.2) is 11.5 Å². The van der Waals surface area contributed by atoms with Crippen LogP contribution >= 0.6 is 11.6 Å². The van der Waals surface area contributed by atoms with Crippen molar-refractivity contribution < 1.29 is 22.7 Å². The highest BCUT2D eigenvalue weighted by molar-refractivity contribution is 7.92. The second-order valence-corrected chi connectivity index (χ2v) is 8.56. The van der Waals surface area contributed by atoms with Crippen molar-refractivity contribution >= 4 is 33.2 Å². The van der Waals surface area contributed by atoms with Gasteiger partial charge in [-0.1, -0.05) is 17.7 Å². The van der Waals surface area contributed by atoms with Crippen molar-refractivity contribution in [1.29, 1.82) is 0 Å². The van der Waals surface area contributed by atoms with Crippen LogP contribution in [0.3, 0.4) is 0 Å². The molecular formula is C19H23ClN2O5S. The van der Waals surface area contributed by atoms with Crippen molar-refractivity contribution in [2.24, 2.45) is 0 Å². The zero-order chi connectivity index (χ0) is 20.9. The van der Waals surface area contributed by atoms with Crippen LogP contribution in [0.15, 0.2) is 36.4 Å². The molecule has 0 fully saturated rings. The van der Waals surface area contributed by atoms with Gasteiger partial charge in [-0.05, 0) is 49.7 Å². The second-order valence-electron chi connectivity index (χ2n) is 6.40. The third kappa shape index (κ3) is 6.31. The van der Waals surface area contributed by atoms with E-state index >= 15 is 0 Å². The molecule has 28 heavy (non-hydrogen) atoms. The summed E-state index contributed by atoms with van der Waals surface area (Å²) in [4.78, 5) is 12.4. The summed E-state index contributed by atoms with van der Waals surface area (Å²) in [5, 5.41) is 2.92. The number of nitrogens with one attached hydrogen (secondary N) is 2. The number of ether oxygens (including phenoxy) is 2. The fourth-order valence-corrected chi connectivity index (χ4v) is 3.25. The topological polar surface area (TPSA) is 93.7 Å². The monoisotopic (exact) mass is 426 g/mol. The minimum absolute atomic E-state index is 0.0155. The van der Waals surface area contributed by atoms with Crippen LogP contribution in [0.25, 0.3) is 0 Å². The number of hydrogen-bond acceptors (Lipinski definition) is 5. The van der Waals surface area contributed by atoms with Gasteiger partial charge in [0.1, 0.15) is 0 Å². The number of sulfonamides is 1.